The second kappa shape index (κ2) is 8.13. The van der Waals surface area contributed by atoms with Crippen molar-refractivity contribution in [2.45, 2.75) is 38.3 Å². The molecule has 4 nitrogen and oxygen atoms in total. The summed E-state index contributed by atoms with van der Waals surface area (Å²) in [7, 11) is 2.15. The van der Waals surface area contributed by atoms with Crippen LogP contribution in [0.25, 0.3) is 0 Å². The van der Waals surface area contributed by atoms with Gasteiger partial charge in [0.1, 0.15) is 5.60 Å². The molecule has 0 saturated carbocycles. The van der Waals surface area contributed by atoms with Gasteiger partial charge < -0.3 is 9.64 Å². The Morgan fingerprint density at radius 2 is 1.48 bits per heavy atom. The lowest BCUT2D eigenvalue weighted by molar-refractivity contribution is 0.00598. The molecule has 1 atom stereocenters. The number of hydrogen-bond acceptors (Lipinski definition) is 3. The Hall–Kier alpha value is -2.33. The molecule has 1 aliphatic rings. The van der Waals surface area contributed by atoms with Gasteiger partial charge in [0.25, 0.3) is 0 Å². The zero-order valence-electron chi connectivity index (χ0n) is 16.8. The van der Waals surface area contributed by atoms with Gasteiger partial charge in [0.2, 0.25) is 0 Å². The first-order valence-electron chi connectivity index (χ1n) is 9.63. The Balaban J connectivity index is 1.90. The predicted molar refractivity (Wildman–Crippen MR) is 109 cm³/mol. The van der Waals surface area contributed by atoms with Gasteiger partial charge in [-0.3, -0.25) is 4.90 Å². The van der Waals surface area contributed by atoms with Crippen LogP contribution in [-0.2, 0) is 4.74 Å². The van der Waals surface area contributed by atoms with Gasteiger partial charge >= 0.3 is 6.09 Å². The lowest BCUT2D eigenvalue weighted by Crippen LogP contribution is -2.56. The highest BCUT2D eigenvalue weighted by Crippen LogP contribution is 2.32. The van der Waals surface area contributed by atoms with Crippen LogP contribution in [0.3, 0.4) is 0 Å². The van der Waals surface area contributed by atoms with Crippen molar-refractivity contribution < 1.29 is 9.53 Å². The molecule has 4 heteroatoms. The number of hydrogen-bond donors (Lipinski definition) is 0. The van der Waals surface area contributed by atoms with E-state index in [1.807, 2.05) is 37.8 Å². The number of benzene rings is 2. The highest BCUT2D eigenvalue weighted by atomic mass is 16.6. The van der Waals surface area contributed by atoms with E-state index in [1.165, 1.54) is 11.1 Å². The van der Waals surface area contributed by atoms with E-state index < -0.39 is 5.60 Å². The Kier molecular flexibility index (Phi) is 5.85. The minimum Gasteiger partial charge on any atom is -0.444 e. The molecule has 1 unspecified atom stereocenters. The van der Waals surface area contributed by atoms with Crippen molar-refractivity contribution in [3.05, 3.63) is 71.8 Å². The Labute approximate surface area is 162 Å². The van der Waals surface area contributed by atoms with Crippen molar-refractivity contribution in [3.8, 4) is 0 Å². The average Bonchev–Trinajstić information content (AvgIpc) is 2.64. The molecule has 144 valence electrons. The molecular weight excluding hydrogens is 336 g/mol. The van der Waals surface area contributed by atoms with E-state index in [0.717, 1.165) is 6.54 Å². The van der Waals surface area contributed by atoms with Crippen LogP contribution >= 0.6 is 0 Å². The molecule has 2 aromatic carbocycles. The van der Waals surface area contributed by atoms with Crippen LogP contribution in [0.4, 0.5) is 4.79 Å². The first kappa shape index (κ1) is 19.4. The van der Waals surface area contributed by atoms with Crippen LogP contribution in [0, 0.1) is 0 Å². The van der Waals surface area contributed by atoms with Crippen molar-refractivity contribution >= 4 is 6.09 Å². The van der Waals surface area contributed by atoms with E-state index in [2.05, 4.69) is 60.5 Å². The molecule has 0 aliphatic carbocycles. The first-order chi connectivity index (χ1) is 12.8. The number of likely N-dealkylation sites (N-methyl/N-ethyl adjacent to an activating group) is 1. The molecule has 1 amide bonds. The second-order valence-corrected chi connectivity index (χ2v) is 8.27. The van der Waals surface area contributed by atoms with Gasteiger partial charge in [-0.1, -0.05) is 60.7 Å². The Bertz CT molecular complexity index is 700. The monoisotopic (exact) mass is 366 g/mol. The Morgan fingerprint density at radius 3 is 1.96 bits per heavy atom. The molecule has 0 bridgehead atoms. The van der Waals surface area contributed by atoms with Crippen molar-refractivity contribution in [2.24, 2.45) is 0 Å². The summed E-state index contributed by atoms with van der Waals surface area (Å²) >= 11 is 0. The van der Waals surface area contributed by atoms with E-state index in [4.69, 9.17) is 4.74 Å². The highest BCUT2D eigenvalue weighted by Gasteiger charge is 2.36. The minimum atomic E-state index is -0.478. The van der Waals surface area contributed by atoms with Gasteiger partial charge in [-0.05, 0) is 38.9 Å². The maximum absolute atomic E-state index is 12.6. The van der Waals surface area contributed by atoms with Gasteiger partial charge in [-0.15, -0.1) is 0 Å². The Morgan fingerprint density at radius 1 is 0.963 bits per heavy atom. The summed E-state index contributed by atoms with van der Waals surface area (Å²) in [6.45, 7) is 7.91. The van der Waals surface area contributed by atoms with Gasteiger partial charge in [0.05, 0.1) is 0 Å². The number of carbonyl (C=O) groups excluding carboxylic acids is 1. The molecule has 1 aliphatic heterocycles. The van der Waals surface area contributed by atoms with Gasteiger partial charge in [0, 0.05) is 31.6 Å². The van der Waals surface area contributed by atoms with Crippen LogP contribution in [-0.4, -0.2) is 54.2 Å². The van der Waals surface area contributed by atoms with Crippen LogP contribution in [0.5, 0.6) is 0 Å². The highest BCUT2D eigenvalue weighted by molar-refractivity contribution is 5.68. The molecule has 1 fully saturated rings. The molecular formula is C23H30N2O2. The van der Waals surface area contributed by atoms with Crippen LogP contribution in [0.1, 0.15) is 37.8 Å². The summed E-state index contributed by atoms with van der Waals surface area (Å²) in [6.07, 6.45) is -0.222. The number of piperazine rings is 1. The van der Waals surface area contributed by atoms with E-state index in [1.54, 1.807) is 0 Å². The number of carbonyl (C=O) groups is 1. The minimum absolute atomic E-state index is 0.191. The normalized spacial score (nSPS) is 18.6. The molecule has 0 aromatic heterocycles. The third-order valence-electron chi connectivity index (χ3n) is 5.05. The number of ether oxygens (including phenoxy) is 1. The molecule has 1 saturated heterocycles. The summed E-state index contributed by atoms with van der Waals surface area (Å²) in [5.74, 6) is 0.197. The topological polar surface area (TPSA) is 32.8 Å². The number of rotatable bonds is 3. The fourth-order valence-corrected chi connectivity index (χ4v) is 3.71. The average molecular weight is 367 g/mol. The molecule has 0 radical (unpaired) electrons. The van der Waals surface area contributed by atoms with E-state index in [9.17, 15) is 4.79 Å². The zero-order valence-corrected chi connectivity index (χ0v) is 16.8. The molecule has 3 rings (SSSR count). The van der Waals surface area contributed by atoms with Crippen LogP contribution in [0.2, 0.25) is 0 Å². The maximum atomic E-state index is 12.6. The smallest absolute Gasteiger partial charge is 0.410 e. The fourth-order valence-electron chi connectivity index (χ4n) is 3.71. The van der Waals surface area contributed by atoms with E-state index in [0.29, 0.717) is 13.1 Å². The largest absolute Gasteiger partial charge is 0.444 e. The van der Waals surface area contributed by atoms with Gasteiger partial charge in [-0.2, -0.15) is 0 Å². The lowest BCUT2D eigenvalue weighted by atomic mass is 9.83. The van der Waals surface area contributed by atoms with Crippen molar-refractivity contribution in [3.63, 3.8) is 0 Å². The van der Waals surface area contributed by atoms with Gasteiger partial charge in [-0.25, -0.2) is 4.79 Å². The molecule has 27 heavy (non-hydrogen) atoms. The second-order valence-electron chi connectivity index (χ2n) is 8.27. The van der Waals surface area contributed by atoms with Crippen LogP contribution < -0.4 is 0 Å². The van der Waals surface area contributed by atoms with Crippen molar-refractivity contribution in [1.29, 1.82) is 0 Å². The lowest BCUT2D eigenvalue weighted by Gasteiger charge is -2.43. The third-order valence-corrected chi connectivity index (χ3v) is 5.05. The first-order valence-corrected chi connectivity index (χ1v) is 9.63. The quantitative estimate of drug-likeness (QED) is 0.809. The SMILES string of the molecule is CN1CCN(C(=O)OC(C)(C)C)CC1C(c1ccccc1)c1ccccc1. The van der Waals surface area contributed by atoms with Crippen LogP contribution in [0.15, 0.2) is 60.7 Å². The third kappa shape index (κ3) is 4.89. The summed E-state index contributed by atoms with van der Waals surface area (Å²) in [6, 6.07) is 21.3. The van der Waals surface area contributed by atoms with Crippen molar-refractivity contribution in [2.75, 3.05) is 26.7 Å². The molecule has 0 N–H and O–H groups in total. The number of nitrogens with zero attached hydrogens (tertiary/aromatic N) is 2. The number of amides is 1. The standard InChI is InChI=1S/C23H30N2O2/c1-23(2,3)27-22(26)25-16-15-24(4)20(17-25)21(18-11-7-5-8-12-18)19-13-9-6-10-14-19/h5-14,20-21H,15-17H2,1-4H3. The van der Waals surface area contributed by atoms with Gasteiger partial charge in [0.15, 0.2) is 0 Å². The summed E-state index contributed by atoms with van der Waals surface area (Å²) in [5.41, 5.74) is 2.06. The predicted octanol–water partition coefficient (Wildman–Crippen LogP) is 4.37. The van der Waals surface area contributed by atoms with E-state index >= 15 is 0 Å². The molecule has 1 heterocycles. The summed E-state index contributed by atoms with van der Waals surface area (Å²) in [4.78, 5) is 16.9. The maximum Gasteiger partial charge on any atom is 0.410 e. The summed E-state index contributed by atoms with van der Waals surface area (Å²) < 4.78 is 5.62. The fraction of sp³-hybridized carbons (Fsp3) is 0.435. The van der Waals surface area contributed by atoms with Crippen molar-refractivity contribution in [1.82, 2.24) is 9.80 Å². The molecule has 2 aromatic rings. The van der Waals surface area contributed by atoms with E-state index in [-0.39, 0.29) is 18.1 Å². The summed E-state index contributed by atoms with van der Waals surface area (Å²) in [5, 5.41) is 0. The molecule has 0 spiro atoms. The zero-order chi connectivity index (χ0) is 19.4.